The third kappa shape index (κ3) is 5.18. The molecule has 2 aliphatic heterocycles. The zero-order valence-corrected chi connectivity index (χ0v) is 17.9. The molecular formula is C24H33N5O. The van der Waals surface area contributed by atoms with E-state index in [0.717, 1.165) is 58.1 Å². The van der Waals surface area contributed by atoms with Gasteiger partial charge in [0.1, 0.15) is 5.82 Å². The average molecular weight is 408 g/mol. The lowest BCUT2D eigenvalue weighted by molar-refractivity contribution is -0.131. The highest BCUT2D eigenvalue weighted by Gasteiger charge is 2.27. The van der Waals surface area contributed by atoms with Crippen LogP contribution in [0, 0.1) is 0 Å². The molecule has 160 valence electrons. The fourth-order valence-electron chi connectivity index (χ4n) is 4.52. The summed E-state index contributed by atoms with van der Waals surface area (Å²) in [5.41, 5.74) is 1.37. The molecule has 6 nitrogen and oxygen atoms in total. The third-order valence-electron chi connectivity index (χ3n) is 6.43. The summed E-state index contributed by atoms with van der Waals surface area (Å²) < 4.78 is 0. The Morgan fingerprint density at radius 3 is 2.57 bits per heavy atom. The predicted octanol–water partition coefficient (Wildman–Crippen LogP) is 2.55. The number of nitrogens with zero attached hydrogens (tertiary/aromatic N) is 4. The van der Waals surface area contributed by atoms with E-state index in [1.807, 2.05) is 29.3 Å². The van der Waals surface area contributed by atoms with Crippen LogP contribution in [0.15, 0.2) is 54.7 Å². The van der Waals surface area contributed by atoms with E-state index >= 15 is 0 Å². The van der Waals surface area contributed by atoms with Crippen molar-refractivity contribution in [2.45, 2.75) is 31.8 Å². The molecule has 0 bridgehead atoms. The Hall–Kier alpha value is -2.44. The summed E-state index contributed by atoms with van der Waals surface area (Å²) in [5, 5.41) is 3.61. The second-order valence-electron chi connectivity index (χ2n) is 8.33. The molecule has 3 heterocycles. The maximum absolute atomic E-state index is 12.6. The minimum Gasteiger partial charge on any atom is -0.353 e. The van der Waals surface area contributed by atoms with E-state index < -0.39 is 0 Å². The van der Waals surface area contributed by atoms with Gasteiger partial charge in [-0.2, -0.15) is 0 Å². The van der Waals surface area contributed by atoms with Gasteiger partial charge in [-0.3, -0.25) is 9.69 Å². The van der Waals surface area contributed by atoms with E-state index in [1.54, 1.807) is 0 Å². The lowest BCUT2D eigenvalue weighted by atomic mass is 10.1. The molecule has 0 unspecified atom stereocenters. The molecule has 2 atom stereocenters. The molecule has 1 aromatic heterocycles. The first-order valence-electron chi connectivity index (χ1n) is 11.2. The summed E-state index contributed by atoms with van der Waals surface area (Å²) in [6.07, 6.45) is 3.55. The van der Waals surface area contributed by atoms with Gasteiger partial charge < -0.3 is 15.1 Å². The van der Waals surface area contributed by atoms with Gasteiger partial charge in [0, 0.05) is 70.5 Å². The van der Waals surface area contributed by atoms with Gasteiger partial charge in [-0.05, 0) is 31.0 Å². The number of anilines is 1. The molecule has 2 aliphatic rings. The van der Waals surface area contributed by atoms with E-state index in [1.165, 1.54) is 5.56 Å². The van der Waals surface area contributed by atoms with Crippen LogP contribution in [0.3, 0.4) is 0 Å². The third-order valence-corrected chi connectivity index (χ3v) is 6.43. The van der Waals surface area contributed by atoms with Crippen LogP contribution in [0.1, 0.15) is 31.4 Å². The number of nitrogens with one attached hydrogen (secondary N) is 1. The van der Waals surface area contributed by atoms with Crippen molar-refractivity contribution in [3.05, 3.63) is 60.3 Å². The number of piperazine rings is 1. The molecule has 2 aromatic rings. The lowest BCUT2D eigenvalue weighted by Crippen LogP contribution is -2.49. The Morgan fingerprint density at radius 1 is 1.07 bits per heavy atom. The molecule has 1 aromatic carbocycles. The summed E-state index contributed by atoms with van der Waals surface area (Å²) >= 11 is 0. The largest absolute Gasteiger partial charge is 0.353 e. The molecule has 30 heavy (non-hydrogen) atoms. The quantitative estimate of drug-likeness (QED) is 0.765. The summed E-state index contributed by atoms with van der Waals surface area (Å²) in [6.45, 7) is 8.46. The van der Waals surface area contributed by atoms with Gasteiger partial charge in [-0.25, -0.2) is 4.98 Å². The van der Waals surface area contributed by atoms with Crippen molar-refractivity contribution >= 4 is 11.7 Å². The van der Waals surface area contributed by atoms with Crippen LogP contribution in [0.4, 0.5) is 5.82 Å². The van der Waals surface area contributed by atoms with Crippen molar-refractivity contribution in [1.29, 1.82) is 0 Å². The zero-order valence-electron chi connectivity index (χ0n) is 17.9. The topological polar surface area (TPSA) is 51.7 Å². The summed E-state index contributed by atoms with van der Waals surface area (Å²) in [4.78, 5) is 23.8. The highest BCUT2D eigenvalue weighted by molar-refractivity contribution is 5.76. The second kappa shape index (κ2) is 10.0. The summed E-state index contributed by atoms with van der Waals surface area (Å²) in [7, 11) is 0. The Kier molecular flexibility index (Phi) is 6.97. The zero-order chi connectivity index (χ0) is 20.8. The highest BCUT2D eigenvalue weighted by atomic mass is 16.2. The van der Waals surface area contributed by atoms with E-state index in [9.17, 15) is 4.79 Å². The van der Waals surface area contributed by atoms with Crippen molar-refractivity contribution in [2.24, 2.45) is 0 Å². The van der Waals surface area contributed by atoms with Gasteiger partial charge in [0.25, 0.3) is 0 Å². The van der Waals surface area contributed by atoms with E-state index in [0.29, 0.717) is 18.5 Å². The van der Waals surface area contributed by atoms with Gasteiger partial charge in [-0.1, -0.05) is 36.4 Å². The fraction of sp³-hybridized carbons (Fsp3) is 0.500. The number of carbonyl (C=O) groups is 1. The molecule has 1 amide bonds. The second-order valence-corrected chi connectivity index (χ2v) is 8.33. The number of amides is 1. The molecule has 0 aliphatic carbocycles. The van der Waals surface area contributed by atoms with Crippen molar-refractivity contribution in [1.82, 2.24) is 20.1 Å². The molecule has 2 saturated heterocycles. The molecule has 0 radical (unpaired) electrons. The van der Waals surface area contributed by atoms with Crippen LogP contribution in [0.5, 0.6) is 0 Å². The molecule has 4 rings (SSSR count). The van der Waals surface area contributed by atoms with E-state index in [2.05, 4.69) is 57.4 Å². The first-order valence-corrected chi connectivity index (χ1v) is 11.2. The number of aromatic nitrogens is 1. The minimum absolute atomic E-state index is 0.260. The Bertz CT molecular complexity index is 792. The maximum Gasteiger partial charge on any atom is 0.223 e. The Morgan fingerprint density at radius 2 is 1.83 bits per heavy atom. The van der Waals surface area contributed by atoms with Crippen LogP contribution >= 0.6 is 0 Å². The standard InChI is InChI=1S/C24H33N5O/c1-20(21-7-3-2-4-8-21)29-14-11-22(19-29)25-13-10-24(30)28-17-15-27(16-18-28)23-9-5-6-12-26-23/h2-9,12,20,22,25H,10-11,13-19H2,1H3/t20-,22+/m1/s1. The van der Waals surface area contributed by atoms with Crippen LogP contribution in [-0.4, -0.2) is 72.5 Å². The molecule has 0 saturated carbocycles. The molecule has 2 fully saturated rings. The number of likely N-dealkylation sites (tertiary alicyclic amines) is 1. The number of pyridine rings is 1. The Labute approximate surface area is 179 Å². The van der Waals surface area contributed by atoms with Crippen LogP contribution in [-0.2, 0) is 4.79 Å². The van der Waals surface area contributed by atoms with Crippen molar-refractivity contribution < 1.29 is 4.79 Å². The van der Waals surface area contributed by atoms with E-state index in [-0.39, 0.29) is 5.91 Å². The summed E-state index contributed by atoms with van der Waals surface area (Å²) in [5.74, 6) is 1.26. The first-order chi connectivity index (χ1) is 14.7. The van der Waals surface area contributed by atoms with Gasteiger partial charge >= 0.3 is 0 Å². The SMILES string of the molecule is C[C@H](c1ccccc1)N1CC[C@H](NCCC(=O)N2CCN(c3ccccn3)CC2)C1. The minimum atomic E-state index is 0.260. The number of rotatable bonds is 7. The predicted molar refractivity (Wildman–Crippen MR) is 120 cm³/mol. The van der Waals surface area contributed by atoms with Crippen LogP contribution in [0.2, 0.25) is 0 Å². The maximum atomic E-state index is 12.6. The molecule has 1 N–H and O–H groups in total. The number of benzene rings is 1. The highest BCUT2D eigenvalue weighted by Crippen LogP contribution is 2.24. The van der Waals surface area contributed by atoms with Gasteiger partial charge in [0.2, 0.25) is 5.91 Å². The number of hydrogen-bond acceptors (Lipinski definition) is 5. The Balaban J connectivity index is 1.15. The monoisotopic (exact) mass is 407 g/mol. The smallest absolute Gasteiger partial charge is 0.223 e. The average Bonchev–Trinajstić information content (AvgIpc) is 3.29. The van der Waals surface area contributed by atoms with Crippen LogP contribution < -0.4 is 10.2 Å². The van der Waals surface area contributed by atoms with Gasteiger partial charge in [0.05, 0.1) is 0 Å². The number of hydrogen-bond donors (Lipinski definition) is 1. The summed E-state index contributed by atoms with van der Waals surface area (Å²) in [6, 6.07) is 17.6. The van der Waals surface area contributed by atoms with Crippen molar-refractivity contribution in [3.63, 3.8) is 0 Å². The van der Waals surface area contributed by atoms with Crippen molar-refractivity contribution in [2.75, 3.05) is 50.7 Å². The molecule has 0 spiro atoms. The van der Waals surface area contributed by atoms with Gasteiger partial charge in [0.15, 0.2) is 0 Å². The van der Waals surface area contributed by atoms with Crippen LogP contribution in [0.25, 0.3) is 0 Å². The lowest BCUT2D eigenvalue weighted by Gasteiger charge is -2.35. The normalized spacial score (nSPS) is 21.0. The molecular weight excluding hydrogens is 374 g/mol. The molecule has 6 heteroatoms. The van der Waals surface area contributed by atoms with E-state index in [4.69, 9.17) is 0 Å². The first kappa shape index (κ1) is 20.8. The number of carbonyl (C=O) groups excluding carboxylic acids is 1. The van der Waals surface area contributed by atoms with Crippen molar-refractivity contribution in [3.8, 4) is 0 Å². The fourth-order valence-corrected chi connectivity index (χ4v) is 4.52. The van der Waals surface area contributed by atoms with Gasteiger partial charge in [-0.15, -0.1) is 0 Å².